The van der Waals surface area contributed by atoms with Crippen LogP contribution in [0.25, 0.3) is 11.1 Å². The highest BCUT2D eigenvalue weighted by Gasteiger charge is 2.15. The van der Waals surface area contributed by atoms with Gasteiger partial charge in [-0.3, -0.25) is 9.59 Å². The van der Waals surface area contributed by atoms with Gasteiger partial charge in [-0.25, -0.2) is 4.79 Å². The number of methoxy groups -OCH3 is 1. The third-order valence-electron chi connectivity index (χ3n) is 4.17. The van der Waals surface area contributed by atoms with Crippen LogP contribution in [0.4, 0.5) is 5.69 Å². The van der Waals surface area contributed by atoms with Crippen LogP contribution < -0.4 is 10.1 Å². The van der Waals surface area contributed by atoms with Crippen molar-refractivity contribution in [2.45, 2.75) is 6.92 Å². The molecular formula is C22H19NO5S. The number of thiophene rings is 1. The van der Waals surface area contributed by atoms with Crippen LogP contribution in [0.3, 0.4) is 0 Å². The van der Waals surface area contributed by atoms with Crippen LogP contribution in [-0.4, -0.2) is 31.4 Å². The second-order valence-corrected chi connectivity index (χ2v) is 6.93. The van der Waals surface area contributed by atoms with E-state index in [0.29, 0.717) is 22.6 Å². The molecule has 0 aliphatic rings. The average Bonchev–Trinajstić information content (AvgIpc) is 3.20. The van der Waals surface area contributed by atoms with E-state index >= 15 is 0 Å². The predicted octanol–water partition coefficient (Wildman–Crippen LogP) is 4.42. The van der Waals surface area contributed by atoms with Crippen LogP contribution in [0.1, 0.15) is 27.6 Å². The molecule has 0 aliphatic carbocycles. The Balaban J connectivity index is 1.60. The number of carbonyl (C=O) groups excluding carboxylic acids is 3. The second kappa shape index (κ2) is 9.16. The molecular weight excluding hydrogens is 390 g/mol. The van der Waals surface area contributed by atoms with Gasteiger partial charge in [0, 0.05) is 16.3 Å². The summed E-state index contributed by atoms with van der Waals surface area (Å²) in [7, 11) is 1.29. The normalized spacial score (nSPS) is 10.3. The van der Waals surface area contributed by atoms with E-state index in [9.17, 15) is 14.4 Å². The molecule has 0 unspecified atom stereocenters. The third-order valence-corrected chi connectivity index (χ3v) is 4.91. The molecule has 1 amide bonds. The summed E-state index contributed by atoms with van der Waals surface area (Å²) in [6.07, 6.45) is 0. The minimum atomic E-state index is -0.508. The van der Waals surface area contributed by atoms with E-state index in [1.165, 1.54) is 25.4 Å². The van der Waals surface area contributed by atoms with Crippen molar-refractivity contribution in [2.24, 2.45) is 0 Å². The van der Waals surface area contributed by atoms with Gasteiger partial charge in [-0.15, -0.1) is 11.3 Å². The van der Waals surface area contributed by atoms with Gasteiger partial charge in [0.1, 0.15) is 5.75 Å². The maximum atomic E-state index is 12.1. The van der Waals surface area contributed by atoms with Gasteiger partial charge >= 0.3 is 5.97 Å². The van der Waals surface area contributed by atoms with Crippen molar-refractivity contribution in [3.05, 3.63) is 70.4 Å². The highest BCUT2D eigenvalue weighted by atomic mass is 32.1. The molecule has 1 N–H and O–H groups in total. The number of hydrogen-bond acceptors (Lipinski definition) is 6. The molecule has 0 bridgehead atoms. The number of ether oxygens (including phenoxy) is 2. The lowest BCUT2D eigenvalue weighted by molar-refractivity contribution is -0.118. The minimum absolute atomic E-state index is 0.0128. The molecule has 6 nitrogen and oxygen atoms in total. The third kappa shape index (κ3) is 5.08. The Kier molecular flexibility index (Phi) is 6.41. The van der Waals surface area contributed by atoms with Gasteiger partial charge in [-0.1, -0.05) is 30.3 Å². The molecule has 0 aliphatic heterocycles. The minimum Gasteiger partial charge on any atom is -0.484 e. The van der Waals surface area contributed by atoms with E-state index in [4.69, 9.17) is 4.74 Å². The molecule has 1 heterocycles. The average molecular weight is 409 g/mol. The Morgan fingerprint density at radius 1 is 1.00 bits per heavy atom. The Bertz CT molecular complexity index is 1040. The number of anilines is 1. The molecule has 3 rings (SSSR count). The van der Waals surface area contributed by atoms with Crippen molar-refractivity contribution in [1.82, 2.24) is 0 Å². The number of carbonyl (C=O) groups is 3. The quantitative estimate of drug-likeness (QED) is 0.461. The first kappa shape index (κ1) is 20.3. The van der Waals surface area contributed by atoms with Gasteiger partial charge in [-0.2, -0.15) is 0 Å². The predicted molar refractivity (Wildman–Crippen MR) is 112 cm³/mol. The number of nitrogens with one attached hydrogen (secondary N) is 1. The number of rotatable bonds is 7. The van der Waals surface area contributed by atoms with Gasteiger partial charge < -0.3 is 14.8 Å². The molecule has 2 aromatic carbocycles. The van der Waals surface area contributed by atoms with Crippen LogP contribution in [0.15, 0.2) is 59.3 Å². The summed E-state index contributed by atoms with van der Waals surface area (Å²) in [6.45, 7) is 1.33. The molecule has 1 aromatic heterocycles. The summed E-state index contributed by atoms with van der Waals surface area (Å²) in [6, 6.07) is 14.6. The lowest BCUT2D eigenvalue weighted by atomic mass is 10.0. The number of amides is 1. The van der Waals surface area contributed by atoms with E-state index in [2.05, 4.69) is 10.1 Å². The van der Waals surface area contributed by atoms with Crippen molar-refractivity contribution in [1.29, 1.82) is 0 Å². The van der Waals surface area contributed by atoms with E-state index in [0.717, 1.165) is 11.1 Å². The molecule has 0 spiro atoms. The van der Waals surface area contributed by atoms with Crippen molar-refractivity contribution < 1.29 is 23.9 Å². The number of benzene rings is 2. The molecule has 3 aromatic rings. The molecule has 29 heavy (non-hydrogen) atoms. The van der Waals surface area contributed by atoms with Crippen LogP contribution in [0.2, 0.25) is 0 Å². The molecule has 0 saturated heterocycles. The van der Waals surface area contributed by atoms with Crippen LogP contribution in [-0.2, 0) is 9.53 Å². The van der Waals surface area contributed by atoms with Crippen LogP contribution in [0.5, 0.6) is 5.75 Å². The summed E-state index contributed by atoms with van der Waals surface area (Å²) in [4.78, 5) is 35.3. The Morgan fingerprint density at radius 3 is 2.45 bits per heavy atom. The number of ketones is 1. The van der Waals surface area contributed by atoms with Crippen LogP contribution in [0, 0.1) is 0 Å². The largest absolute Gasteiger partial charge is 0.484 e. The van der Waals surface area contributed by atoms with Crippen molar-refractivity contribution in [3.63, 3.8) is 0 Å². The standard InChI is InChI=1S/C22H19NO5S/c1-14(24)16-4-3-5-17(10-16)15-6-8-18(9-7-15)28-11-21(25)23-20-13-29-12-19(20)22(26)27-2/h3-10,12-13H,11H2,1-2H3,(H,23,25). The fourth-order valence-electron chi connectivity index (χ4n) is 2.66. The topological polar surface area (TPSA) is 81.7 Å². The van der Waals surface area contributed by atoms with Crippen molar-refractivity contribution >= 4 is 34.7 Å². The van der Waals surface area contributed by atoms with E-state index in [1.54, 1.807) is 29.0 Å². The number of hydrogen-bond donors (Lipinski definition) is 1. The summed E-state index contributed by atoms with van der Waals surface area (Å²) < 4.78 is 10.2. The smallest absolute Gasteiger partial charge is 0.340 e. The monoisotopic (exact) mass is 409 g/mol. The van der Waals surface area contributed by atoms with Crippen LogP contribution >= 0.6 is 11.3 Å². The first-order valence-electron chi connectivity index (χ1n) is 8.76. The van der Waals surface area contributed by atoms with Crippen molar-refractivity contribution in [3.8, 4) is 16.9 Å². The summed E-state index contributed by atoms with van der Waals surface area (Å²) in [5, 5.41) is 5.92. The highest BCUT2D eigenvalue weighted by molar-refractivity contribution is 7.08. The lowest BCUT2D eigenvalue weighted by Gasteiger charge is -2.09. The number of esters is 1. The molecule has 0 fully saturated rings. The van der Waals surface area contributed by atoms with E-state index in [1.807, 2.05) is 30.3 Å². The van der Waals surface area contributed by atoms with Crippen molar-refractivity contribution in [2.75, 3.05) is 19.0 Å². The van der Waals surface area contributed by atoms with Gasteiger partial charge in [0.25, 0.3) is 5.91 Å². The lowest BCUT2D eigenvalue weighted by Crippen LogP contribution is -2.21. The zero-order valence-corrected chi connectivity index (χ0v) is 16.7. The van der Waals surface area contributed by atoms with Gasteiger partial charge in [0.2, 0.25) is 0 Å². The Hall–Kier alpha value is -3.45. The van der Waals surface area contributed by atoms with Gasteiger partial charge in [0.15, 0.2) is 12.4 Å². The van der Waals surface area contributed by atoms with Gasteiger partial charge in [-0.05, 0) is 36.2 Å². The highest BCUT2D eigenvalue weighted by Crippen LogP contribution is 2.24. The van der Waals surface area contributed by atoms with Gasteiger partial charge in [0.05, 0.1) is 18.4 Å². The van der Waals surface area contributed by atoms with E-state index in [-0.39, 0.29) is 18.3 Å². The van der Waals surface area contributed by atoms with E-state index < -0.39 is 5.97 Å². The SMILES string of the molecule is COC(=O)c1cscc1NC(=O)COc1ccc(-c2cccc(C(C)=O)c2)cc1. The number of Topliss-reactive ketones (excluding diaryl/α,β-unsaturated/α-hetero) is 1. The summed E-state index contributed by atoms with van der Waals surface area (Å²) >= 11 is 1.29. The Morgan fingerprint density at radius 2 is 1.76 bits per heavy atom. The molecule has 148 valence electrons. The summed E-state index contributed by atoms with van der Waals surface area (Å²) in [5.41, 5.74) is 3.22. The fraction of sp³-hybridized carbons (Fsp3) is 0.136. The molecule has 0 radical (unpaired) electrons. The summed E-state index contributed by atoms with van der Waals surface area (Å²) in [5.74, 6) is -0.345. The maximum absolute atomic E-state index is 12.1. The molecule has 0 saturated carbocycles. The zero-order chi connectivity index (χ0) is 20.8. The molecule has 0 atom stereocenters. The fourth-order valence-corrected chi connectivity index (χ4v) is 3.41. The first-order valence-corrected chi connectivity index (χ1v) is 9.71. The first-order chi connectivity index (χ1) is 14.0. The maximum Gasteiger partial charge on any atom is 0.340 e. The molecule has 7 heteroatoms. The Labute approximate surface area is 172 Å². The second-order valence-electron chi connectivity index (χ2n) is 6.19. The zero-order valence-electron chi connectivity index (χ0n) is 15.9.